The van der Waals surface area contributed by atoms with Crippen LogP contribution in [-0.4, -0.2) is 32.5 Å². The zero-order chi connectivity index (χ0) is 12.3. The van der Waals surface area contributed by atoms with E-state index in [9.17, 15) is 14.3 Å². The Bertz CT molecular complexity index is 429. The number of pyridine rings is 1. The molecule has 0 radical (unpaired) electrons. The summed E-state index contributed by atoms with van der Waals surface area (Å²) in [5.74, 6) is 0. The Hall–Kier alpha value is -1.34. The maximum absolute atomic E-state index is 12.1. The van der Waals surface area contributed by atoms with E-state index in [0.717, 1.165) is 25.6 Å². The molecule has 7 heteroatoms. The summed E-state index contributed by atoms with van der Waals surface area (Å²) in [7, 11) is -1.19. The molecule has 0 unspecified atom stereocenters. The van der Waals surface area contributed by atoms with Crippen LogP contribution in [-0.2, 0) is 10.8 Å². The molecule has 17 heavy (non-hydrogen) atoms. The lowest BCUT2D eigenvalue weighted by atomic mass is 10.2. The van der Waals surface area contributed by atoms with Crippen LogP contribution in [0.4, 0.5) is 5.69 Å². The predicted octanol–water partition coefficient (Wildman–Crippen LogP) is 0.849. The van der Waals surface area contributed by atoms with Crippen LogP contribution >= 0.6 is 0 Å². The molecule has 2 heterocycles. The molecule has 92 valence electrons. The van der Waals surface area contributed by atoms with Crippen molar-refractivity contribution in [1.29, 1.82) is 0 Å². The first-order valence-electron chi connectivity index (χ1n) is 5.40. The maximum atomic E-state index is 12.1. The third-order valence-electron chi connectivity index (χ3n) is 2.69. The quantitative estimate of drug-likeness (QED) is 0.639. The molecule has 6 nitrogen and oxygen atoms in total. The van der Waals surface area contributed by atoms with E-state index in [2.05, 4.69) is 10.3 Å². The largest absolute Gasteiger partial charge is 0.316 e. The van der Waals surface area contributed by atoms with Gasteiger partial charge in [0.25, 0.3) is 5.69 Å². The Balaban J connectivity index is 2.10. The number of rotatable bonds is 3. The van der Waals surface area contributed by atoms with Gasteiger partial charge in [0.1, 0.15) is 11.2 Å². The van der Waals surface area contributed by atoms with Crippen LogP contribution in [0, 0.1) is 10.1 Å². The Morgan fingerprint density at radius 3 is 2.88 bits per heavy atom. The fraction of sp³-hybridized carbons (Fsp3) is 0.500. The Kier molecular flexibility index (Phi) is 3.80. The zero-order valence-corrected chi connectivity index (χ0v) is 9.98. The monoisotopic (exact) mass is 255 g/mol. The van der Waals surface area contributed by atoms with Crippen LogP contribution in [0.2, 0.25) is 0 Å². The summed E-state index contributed by atoms with van der Waals surface area (Å²) in [6.07, 6.45) is 3.06. The van der Waals surface area contributed by atoms with E-state index < -0.39 is 15.7 Å². The number of nitro groups is 1. The number of piperidine rings is 1. The average Bonchev–Trinajstić information content (AvgIpc) is 2.39. The summed E-state index contributed by atoms with van der Waals surface area (Å²) in [6, 6.07) is 2.82. The molecule has 1 aliphatic heterocycles. The van der Waals surface area contributed by atoms with Crippen molar-refractivity contribution in [2.75, 3.05) is 13.1 Å². The lowest BCUT2D eigenvalue weighted by Gasteiger charge is -2.21. The van der Waals surface area contributed by atoms with E-state index in [0.29, 0.717) is 11.6 Å². The van der Waals surface area contributed by atoms with Crippen molar-refractivity contribution in [2.24, 2.45) is 0 Å². The van der Waals surface area contributed by atoms with Gasteiger partial charge < -0.3 is 5.32 Å². The number of nitrogens with zero attached hydrogens (tertiary/aromatic N) is 2. The van der Waals surface area contributed by atoms with Gasteiger partial charge in [-0.15, -0.1) is 0 Å². The van der Waals surface area contributed by atoms with Gasteiger partial charge in [0.2, 0.25) is 0 Å². The van der Waals surface area contributed by atoms with Crippen molar-refractivity contribution in [2.45, 2.75) is 23.1 Å². The summed E-state index contributed by atoms with van der Waals surface area (Å²) in [5.41, 5.74) is -0.0764. The number of hydrogen-bond acceptors (Lipinski definition) is 5. The molecule has 2 atom stereocenters. The SMILES string of the molecule is O=[N+]([O-])c1ccc([S@@](=O)[C@@H]2CCCNC2)nc1. The highest BCUT2D eigenvalue weighted by atomic mass is 32.2. The van der Waals surface area contributed by atoms with E-state index >= 15 is 0 Å². The first-order valence-corrected chi connectivity index (χ1v) is 6.61. The molecule has 1 aromatic heterocycles. The van der Waals surface area contributed by atoms with Crippen LogP contribution in [0.15, 0.2) is 23.4 Å². The van der Waals surface area contributed by atoms with Crippen molar-refractivity contribution >= 4 is 16.5 Å². The minimum atomic E-state index is -1.19. The second-order valence-corrected chi connectivity index (χ2v) is 5.56. The molecule has 1 fully saturated rings. The van der Waals surface area contributed by atoms with E-state index in [1.165, 1.54) is 12.1 Å². The third-order valence-corrected chi connectivity index (χ3v) is 4.35. The predicted molar refractivity (Wildman–Crippen MR) is 63.2 cm³/mol. The minimum absolute atomic E-state index is 0.0534. The Morgan fingerprint density at radius 1 is 1.53 bits per heavy atom. The second-order valence-electron chi connectivity index (χ2n) is 3.88. The number of nitrogens with one attached hydrogen (secondary N) is 1. The van der Waals surface area contributed by atoms with Gasteiger partial charge >= 0.3 is 0 Å². The van der Waals surface area contributed by atoms with Crippen molar-refractivity contribution in [3.63, 3.8) is 0 Å². The number of hydrogen-bond donors (Lipinski definition) is 1. The fourth-order valence-corrected chi connectivity index (χ4v) is 3.12. The van der Waals surface area contributed by atoms with Gasteiger partial charge in [-0.2, -0.15) is 0 Å². The summed E-state index contributed by atoms with van der Waals surface area (Å²) >= 11 is 0. The van der Waals surface area contributed by atoms with Gasteiger partial charge in [-0.05, 0) is 25.5 Å². The van der Waals surface area contributed by atoms with Crippen molar-refractivity contribution in [3.8, 4) is 0 Å². The molecule has 0 aliphatic carbocycles. The van der Waals surface area contributed by atoms with Crippen molar-refractivity contribution in [1.82, 2.24) is 10.3 Å². The van der Waals surface area contributed by atoms with E-state index in [1.807, 2.05) is 0 Å². The summed E-state index contributed by atoms with van der Waals surface area (Å²) in [4.78, 5) is 13.9. The van der Waals surface area contributed by atoms with Gasteiger partial charge in [-0.1, -0.05) is 0 Å². The first-order chi connectivity index (χ1) is 8.18. The summed E-state index contributed by atoms with van der Waals surface area (Å²) < 4.78 is 12.1. The van der Waals surface area contributed by atoms with Crippen molar-refractivity contribution < 1.29 is 9.13 Å². The van der Waals surface area contributed by atoms with Gasteiger partial charge in [0, 0.05) is 12.6 Å². The first kappa shape index (κ1) is 12.1. The van der Waals surface area contributed by atoms with Crippen LogP contribution in [0.1, 0.15) is 12.8 Å². The fourth-order valence-electron chi connectivity index (χ4n) is 1.77. The van der Waals surface area contributed by atoms with E-state index in [-0.39, 0.29) is 10.9 Å². The molecule has 1 N–H and O–H groups in total. The smallest absolute Gasteiger partial charge is 0.287 e. The summed E-state index contributed by atoms with van der Waals surface area (Å²) in [6.45, 7) is 1.67. The molecule has 2 rings (SSSR count). The topological polar surface area (TPSA) is 85.1 Å². The van der Waals surface area contributed by atoms with E-state index in [1.54, 1.807) is 0 Å². The normalized spacial score (nSPS) is 22.0. The van der Waals surface area contributed by atoms with Gasteiger partial charge in [-0.25, -0.2) is 4.98 Å². The van der Waals surface area contributed by atoms with Crippen LogP contribution in [0.5, 0.6) is 0 Å². The van der Waals surface area contributed by atoms with Crippen LogP contribution in [0.25, 0.3) is 0 Å². The highest BCUT2D eigenvalue weighted by Gasteiger charge is 2.22. The molecule has 0 spiro atoms. The van der Waals surface area contributed by atoms with E-state index in [4.69, 9.17) is 0 Å². The van der Waals surface area contributed by atoms with Gasteiger partial charge in [0.15, 0.2) is 0 Å². The average molecular weight is 255 g/mol. The molecule has 1 aromatic rings. The maximum Gasteiger partial charge on any atom is 0.287 e. The van der Waals surface area contributed by atoms with Gasteiger partial charge in [0.05, 0.1) is 21.0 Å². The molecule has 1 saturated heterocycles. The van der Waals surface area contributed by atoms with Crippen LogP contribution in [0.3, 0.4) is 0 Å². The highest BCUT2D eigenvalue weighted by Crippen LogP contribution is 2.17. The van der Waals surface area contributed by atoms with Crippen molar-refractivity contribution in [3.05, 3.63) is 28.4 Å². The molecular formula is C10H13N3O3S. The Morgan fingerprint density at radius 2 is 2.35 bits per heavy atom. The highest BCUT2D eigenvalue weighted by molar-refractivity contribution is 7.85. The lowest BCUT2D eigenvalue weighted by Crippen LogP contribution is -2.36. The van der Waals surface area contributed by atoms with Gasteiger partial charge in [-0.3, -0.25) is 14.3 Å². The zero-order valence-electron chi connectivity index (χ0n) is 9.17. The lowest BCUT2D eigenvalue weighted by molar-refractivity contribution is -0.385. The molecule has 0 bridgehead atoms. The molecule has 0 amide bonds. The number of aromatic nitrogens is 1. The molecule has 0 saturated carbocycles. The minimum Gasteiger partial charge on any atom is -0.316 e. The Labute approximate surface area is 101 Å². The molecular weight excluding hydrogens is 242 g/mol. The second kappa shape index (κ2) is 5.33. The van der Waals surface area contributed by atoms with Crippen LogP contribution < -0.4 is 5.32 Å². The molecule has 1 aliphatic rings. The summed E-state index contributed by atoms with van der Waals surface area (Å²) in [5, 5.41) is 14.1. The molecule has 0 aromatic carbocycles. The third kappa shape index (κ3) is 2.86. The standard InChI is InChI=1S/C10H13N3O3S/c14-13(15)8-3-4-10(12-6-8)17(16)9-2-1-5-11-7-9/h3-4,6,9,11H,1-2,5,7H2/t9-,17+/m1/s1.